The van der Waals surface area contributed by atoms with Crippen LogP contribution in [0, 0.1) is 11.3 Å². The molecule has 0 radical (unpaired) electrons. The van der Waals surface area contributed by atoms with Crippen LogP contribution in [0.2, 0.25) is 0 Å². The van der Waals surface area contributed by atoms with Gasteiger partial charge in [-0.15, -0.1) is 0 Å². The monoisotopic (exact) mass is 254 g/mol. The van der Waals surface area contributed by atoms with E-state index in [0.717, 1.165) is 0 Å². The Bertz CT molecular complexity index is 398. The largest absolute Gasteiger partial charge is 0.481 e. The summed E-state index contributed by atoms with van der Waals surface area (Å²) in [6, 6.07) is 2.01. The quantitative estimate of drug-likeness (QED) is 0.892. The van der Waals surface area contributed by atoms with Crippen LogP contribution < -0.4 is 0 Å². The SMILES string of the molecule is N#Cc1c(Br)cncc1CCC(=O)O. The predicted molar refractivity (Wildman–Crippen MR) is 52.6 cm³/mol. The van der Waals surface area contributed by atoms with Crippen molar-refractivity contribution in [3.05, 3.63) is 28.0 Å². The Morgan fingerprint density at radius 1 is 1.64 bits per heavy atom. The summed E-state index contributed by atoms with van der Waals surface area (Å²) in [6.07, 6.45) is 3.37. The van der Waals surface area contributed by atoms with Crippen molar-refractivity contribution in [3.8, 4) is 6.07 Å². The molecule has 14 heavy (non-hydrogen) atoms. The van der Waals surface area contributed by atoms with Crippen LogP contribution >= 0.6 is 15.9 Å². The third-order valence-corrected chi connectivity index (χ3v) is 2.30. The van der Waals surface area contributed by atoms with Gasteiger partial charge in [0.1, 0.15) is 6.07 Å². The van der Waals surface area contributed by atoms with Crippen molar-refractivity contribution < 1.29 is 9.90 Å². The molecule has 72 valence electrons. The molecular formula is C9H7BrN2O2. The standard InChI is InChI=1S/C9H7BrN2O2/c10-8-5-12-4-6(7(8)3-11)1-2-9(13)14/h4-5H,1-2H2,(H,13,14). The van der Waals surface area contributed by atoms with Gasteiger partial charge in [-0.3, -0.25) is 9.78 Å². The van der Waals surface area contributed by atoms with E-state index in [0.29, 0.717) is 22.0 Å². The average molecular weight is 255 g/mol. The molecule has 1 aromatic rings. The van der Waals surface area contributed by atoms with E-state index in [9.17, 15) is 4.79 Å². The Labute approximate surface area is 89.3 Å². The number of hydrogen-bond donors (Lipinski definition) is 1. The highest BCUT2D eigenvalue weighted by molar-refractivity contribution is 9.10. The first-order chi connectivity index (χ1) is 6.65. The van der Waals surface area contributed by atoms with Gasteiger partial charge in [-0.25, -0.2) is 0 Å². The molecular weight excluding hydrogens is 248 g/mol. The van der Waals surface area contributed by atoms with Crippen LogP contribution in [-0.2, 0) is 11.2 Å². The summed E-state index contributed by atoms with van der Waals surface area (Å²) in [5, 5.41) is 17.3. The summed E-state index contributed by atoms with van der Waals surface area (Å²) in [6.45, 7) is 0. The predicted octanol–water partition coefficient (Wildman–Crippen LogP) is 1.73. The molecule has 5 heteroatoms. The van der Waals surface area contributed by atoms with Crippen LogP contribution in [0.3, 0.4) is 0 Å². The van der Waals surface area contributed by atoms with Crippen molar-refractivity contribution >= 4 is 21.9 Å². The molecule has 1 heterocycles. The molecule has 1 aromatic heterocycles. The van der Waals surface area contributed by atoms with Crippen LogP contribution in [0.5, 0.6) is 0 Å². The minimum absolute atomic E-state index is 0.00676. The zero-order chi connectivity index (χ0) is 10.6. The summed E-state index contributed by atoms with van der Waals surface area (Å²) < 4.78 is 0.600. The lowest BCUT2D eigenvalue weighted by molar-refractivity contribution is -0.136. The van der Waals surface area contributed by atoms with E-state index in [-0.39, 0.29) is 6.42 Å². The van der Waals surface area contributed by atoms with E-state index in [1.54, 1.807) is 0 Å². The zero-order valence-corrected chi connectivity index (χ0v) is 8.78. The number of carboxylic acids is 1. The molecule has 0 saturated heterocycles. The first-order valence-corrected chi connectivity index (χ1v) is 4.68. The maximum atomic E-state index is 10.3. The number of carbonyl (C=O) groups is 1. The number of aryl methyl sites for hydroxylation is 1. The number of pyridine rings is 1. The molecule has 0 unspecified atom stereocenters. The summed E-state index contributed by atoms with van der Waals surface area (Å²) in [5.74, 6) is -0.881. The zero-order valence-electron chi connectivity index (χ0n) is 7.20. The molecule has 0 amide bonds. The smallest absolute Gasteiger partial charge is 0.303 e. The second-order valence-electron chi connectivity index (χ2n) is 2.66. The molecule has 0 saturated carbocycles. The molecule has 0 bridgehead atoms. The number of nitrogens with zero attached hydrogens (tertiary/aromatic N) is 2. The van der Waals surface area contributed by atoms with Crippen molar-refractivity contribution in [2.45, 2.75) is 12.8 Å². The van der Waals surface area contributed by atoms with E-state index in [2.05, 4.69) is 20.9 Å². The topological polar surface area (TPSA) is 74.0 Å². The summed E-state index contributed by atoms with van der Waals surface area (Å²) in [4.78, 5) is 14.2. The maximum absolute atomic E-state index is 10.3. The van der Waals surface area contributed by atoms with Crippen LogP contribution in [0.15, 0.2) is 16.9 Å². The number of aromatic nitrogens is 1. The Kier molecular flexibility index (Phi) is 3.60. The molecule has 0 aliphatic heterocycles. The van der Waals surface area contributed by atoms with E-state index in [4.69, 9.17) is 10.4 Å². The van der Waals surface area contributed by atoms with Crippen LogP contribution in [0.1, 0.15) is 17.5 Å². The van der Waals surface area contributed by atoms with Crippen molar-refractivity contribution in [1.82, 2.24) is 4.98 Å². The normalized spacial score (nSPS) is 9.43. The van der Waals surface area contributed by atoms with Crippen LogP contribution in [0.4, 0.5) is 0 Å². The van der Waals surface area contributed by atoms with Crippen molar-refractivity contribution in [2.24, 2.45) is 0 Å². The molecule has 4 nitrogen and oxygen atoms in total. The molecule has 0 aliphatic carbocycles. The number of carboxylic acid groups (broad SMARTS) is 1. The second kappa shape index (κ2) is 4.72. The fourth-order valence-electron chi connectivity index (χ4n) is 1.03. The van der Waals surface area contributed by atoms with Crippen molar-refractivity contribution in [2.75, 3.05) is 0 Å². The highest BCUT2D eigenvalue weighted by Gasteiger charge is 2.08. The molecule has 0 atom stereocenters. The first-order valence-electron chi connectivity index (χ1n) is 3.89. The second-order valence-corrected chi connectivity index (χ2v) is 3.52. The van der Waals surface area contributed by atoms with Gasteiger partial charge in [0.15, 0.2) is 0 Å². The Morgan fingerprint density at radius 2 is 2.36 bits per heavy atom. The molecule has 1 rings (SSSR count). The third kappa shape index (κ3) is 2.54. The molecule has 0 aromatic carbocycles. The van der Waals surface area contributed by atoms with Crippen molar-refractivity contribution in [3.63, 3.8) is 0 Å². The van der Waals surface area contributed by atoms with Gasteiger partial charge in [-0.1, -0.05) is 0 Å². The fraction of sp³-hybridized carbons (Fsp3) is 0.222. The minimum Gasteiger partial charge on any atom is -0.481 e. The lowest BCUT2D eigenvalue weighted by Crippen LogP contribution is -2.00. The van der Waals surface area contributed by atoms with Crippen LogP contribution in [0.25, 0.3) is 0 Å². The van der Waals surface area contributed by atoms with E-state index >= 15 is 0 Å². The van der Waals surface area contributed by atoms with Gasteiger partial charge in [0.2, 0.25) is 0 Å². The summed E-state index contributed by atoms with van der Waals surface area (Å²) >= 11 is 3.18. The molecule has 1 N–H and O–H groups in total. The first kappa shape index (κ1) is 10.7. The highest BCUT2D eigenvalue weighted by atomic mass is 79.9. The molecule has 0 spiro atoms. The van der Waals surface area contributed by atoms with Crippen molar-refractivity contribution in [1.29, 1.82) is 5.26 Å². The Morgan fingerprint density at radius 3 is 2.93 bits per heavy atom. The van der Waals surface area contributed by atoms with E-state index in [1.165, 1.54) is 12.4 Å². The summed E-state index contributed by atoms with van der Waals surface area (Å²) in [7, 11) is 0. The average Bonchev–Trinajstić information content (AvgIpc) is 2.14. The Balaban J connectivity index is 2.92. The molecule has 0 aliphatic rings. The lowest BCUT2D eigenvalue weighted by atomic mass is 10.1. The van der Waals surface area contributed by atoms with Gasteiger partial charge in [-0.05, 0) is 27.9 Å². The number of rotatable bonds is 3. The Hall–Kier alpha value is -1.41. The summed E-state index contributed by atoms with van der Waals surface area (Å²) in [5.41, 5.74) is 1.12. The number of halogens is 1. The van der Waals surface area contributed by atoms with Gasteiger partial charge in [0.05, 0.1) is 10.0 Å². The third-order valence-electron chi connectivity index (χ3n) is 1.70. The minimum atomic E-state index is -0.881. The number of nitriles is 1. The van der Waals surface area contributed by atoms with Gasteiger partial charge in [0.25, 0.3) is 0 Å². The van der Waals surface area contributed by atoms with E-state index in [1.807, 2.05) is 6.07 Å². The van der Waals surface area contributed by atoms with Gasteiger partial charge >= 0.3 is 5.97 Å². The highest BCUT2D eigenvalue weighted by Crippen LogP contribution is 2.19. The fourth-order valence-corrected chi connectivity index (χ4v) is 1.49. The lowest BCUT2D eigenvalue weighted by Gasteiger charge is -2.02. The maximum Gasteiger partial charge on any atom is 0.303 e. The molecule has 0 fully saturated rings. The van der Waals surface area contributed by atoms with E-state index < -0.39 is 5.97 Å². The van der Waals surface area contributed by atoms with Gasteiger partial charge < -0.3 is 5.11 Å². The number of hydrogen-bond acceptors (Lipinski definition) is 3. The van der Waals surface area contributed by atoms with Crippen LogP contribution in [-0.4, -0.2) is 16.1 Å². The number of aliphatic carboxylic acids is 1. The van der Waals surface area contributed by atoms with Gasteiger partial charge in [-0.2, -0.15) is 5.26 Å². The van der Waals surface area contributed by atoms with Gasteiger partial charge in [0, 0.05) is 18.8 Å².